The number of hydrogen-bond acceptors (Lipinski definition) is 4. The molecule has 2 fully saturated rings. The van der Waals surface area contributed by atoms with Crippen LogP contribution in [0.1, 0.15) is 28.1 Å². The fourth-order valence-electron chi connectivity index (χ4n) is 4.61. The second kappa shape index (κ2) is 9.58. The highest BCUT2D eigenvalue weighted by Gasteiger charge is 2.35. The zero-order valence-electron chi connectivity index (χ0n) is 19.5. The van der Waals surface area contributed by atoms with Gasteiger partial charge in [0.1, 0.15) is 0 Å². The molecule has 2 aliphatic heterocycles. The molecule has 4 rings (SSSR count). The summed E-state index contributed by atoms with van der Waals surface area (Å²) in [4.78, 5) is 34.8. The van der Waals surface area contributed by atoms with Gasteiger partial charge in [0.2, 0.25) is 0 Å². The van der Waals surface area contributed by atoms with E-state index in [2.05, 4.69) is 11.9 Å². The number of nitrogens with zero attached hydrogens (tertiary/aromatic N) is 4. The van der Waals surface area contributed by atoms with Crippen molar-refractivity contribution in [3.8, 4) is 10.4 Å². The number of urea groups is 1. The van der Waals surface area contributed by atoms with Crippen LogP contribution in [-0.4, -0.2) is 90.9 Å². The van der Waals surface area contributed by atoms with E-state index in [0.29, 0.717) is 30.0 Å². The van der Waals surface area contributed by atoms with Gasteiger partial charge in [0.25, 0.3) is 5.91 Å². The van der Waals surface area contributed by atoms with Gasteiger partial charge in [-0.15, -0.1) is 11.3 Å². The van der Waals surface area contributed by atoms with Gasteiger partial charge in [-0.25, -0.2) is 4.79 Å². The summed E-state index contributed by atoms with van der Waals surface area (Å²) in [5.74, 6) is -0.145. The lowest BCUT2D eigenvalue weighted by Crippen LogP contribution is -2.47. The maximum atomic E-state index is 13.1. The minimum absolute atomic E-state index is 0.00404. The predicted octanol–water partition coefficient (Wildman–Crippen LogP) is 4.34. The molecule has 2 atom stereocenters. The highest BCUT2D eigenvalue weighted by atomic mass is 32.1. The third-order valence-corrected chi connectivity index (χ3v) is 7.95. The fraction of sp³-hybridized carbons (Fsp3) is 0.500. The van der Waals surface area contributed by atoms with Gasteiger partial charge in [-0.05, 0) is 56.3 Å². The molecule has 3 heterocycles. The van der Waals surface area contributed by atoms with Crippen LogP contribution in [0.4, 0.5) is 18.0 Å². The molecule has 2 saturated heterocycles. The van der Waals surface area contributed by atoms with Gasteiger partial charge in [-0.3, -0.25) is 4.79 Å². The second-order valence-electron chi connectivity index (χ2n) is 9.14. The molecule has 1 aromatic heterocycles. The minimum Gasteiger partial charge on any atom is -0.336 e. The molecule has 10 heteroatoms. The lowest BCUT2D eigenvalue weighted by atomic mass is 10.1. The van der Waals surface area contributed by atoms with Crippen LogP contribution >= 0.6 is 11.3 Å². The van der Waals surface area contributed by atoms with Crippen molar-refractivity contribution in [1.82, 2.24) is 19.6 Å². The first-order chi connectivity index (χ1) is 16.0. The first-order valence-corrected chi connectivity index (χ1v) is 12.1. The first-order valence-electron chi connectivity index (χ1n) is 11.3. The largest absolute Gasteiger partial charge is 0.416 e. The van der Waals surface area contributed by atoms with Crippen molar-refractivity contribution < 1.29 is 22.8 Å². The zero-order chi connectivity index (χ0) is 24.6. The van der Waals surface area contributed by atoms with E-state index in [1.807, 2.05) is 16.8 Å². The minimum atomic E-state index is -4.38. The molecular weight excluding hydrogens is 465 g/mol. The average molecular weight is 495 g/mol. The van der Waals surface area contributed by atoms with Crippen LogP contribution in [0.5, 0.6) is 0 Å². The Balaban J connectivity index is 1.37. The number of benzene rings is 1. The Bertz CT molecular complexity index is 1040. The van der Waals surface area contributed by atoms with Crippen LogP contribution in [0.2, 0.25) is 0 Å². The molecule has 2 aromatic rings. The Kier molecular flexibility index (Phi) is 6.91. The van der Waals surface area contributed by atoms with Crippen LogP contribution in [0.15, 0.2) is 36.4 Å². The lowest BCUT2D eigenvalue weighted by molar-refractivity contribution is -0.137. The molecule has 3 amide bonds. The average Bonchev–Trinajstić information content (AvgIpc) is 3.57. The van der Waals surface area contributed by atoms with Crippen LogP contribution in [0.3, 0.4) is 0 Å². The van der Waals surface area contributed by atoms with Gasteiger partial charge in [-0.2, -0.15) is 13.2 Å². The molecule has 1 aromatic carbocycles. The fourth-order valence-corrected chi connectivity index (χ4v) is 5.60. The number of carbonyl (C=O) groups excluding carboxylic acids is 2. The van der Waals surface area contributed by atoms with Crippen LogP contribution in [0, 0.1) is 0 Å². The zero-order valence-corrected chi connectivity index (χ0v) is 20.3. The van der Waals surface area contributed by atoms with Crippen LogP contribution in [0.25, 0.3) is 10.4 Å². The number of hydrogen-bond donors (Lipinski definition) is 0. The molecule has 2 aliphatic rings. The van der Waals surface area contributed by atoms with Gasteiger partial charge >= 0.3 is 12.2 Å². The normalized spacial score (nSPS) is 21.2. The number of rotatable bonds is 4. The summed E-state index contributed by atoms with van der Waals surface area (Å²) in [5.41, 5.74) is -0.0623. The van der Waals surface area contributed by atoms with E-state index in [1.54, 1.807) is 24.1 Å². The number of thiophene rings is 1. The summed E-state index contributed by atoms with van der Waals surface area (Å²) < 4.78 is 38.4. The number of halogens is 3. The SMILES string of the molecule is CN1CC[C@H](N(C)C(=O)N2CC[C@@H](N(C)C(=O)c3ccc(-c4ccc(C(F)(F)F)cc4)s3)C2)C1. The summed E-state index contributed by atoms with van der Waals surface area (Å²) in [6.07, 6.45) is -2.70. The van der Waals surface area contributed by atoms with Crippen molar-refractivity contribution in [3.05, 3.63) is 46.8 Å². The Morgan fingerprint density at radius 3 is 2.21 bits per heavy atom. The number of likely N-dealkylation sites (N-methyl/N-ethyl adjacent to an activating group) is 3. The van der Waals surface area contributed by atoms with Crippen molar-refractivity contribution in [2.24, 2.45) is 0 Å². The quantitative estimate of drug-likeness (QED) is 0.636. The molecule has 0 N–H and O–H groups in total. The van der Waals surface area contributed by atoms with Gasteiger partial charge in [-0.1, -0.05) is 12.1 Å². The van der Waals surface area contributed by atoms with Crippen molar-refractivity contribution in [1.29, 1.82) is 0 Å². The molecule has 0 saturated carbocycles. The first kappa shape index (κ1) is 24.5. The third-order valence-electron chi connectivity index (χ3n) is 6.83. The molecule has 34 heavy (non-hydrogen) atoms. The van der Waals surface area contributed by atoms with E-state index >= 15 is 0 Å². The summed E-state index contributed by atoms with van der Waals surface area (Å²) in [7, 11) is 5.65. The summed E-state index contributed by atoms with van der Waals surface area (Å²) in [6.45, 7) is 2.95. The molecule has 184 valence electrons. The number of carbonyl (C=O) groups is 2. The van der Waals surface area contributed by atoms with E-state index < -0.39 is 11.7 Å². The van der Waals surface area contributed by atoms with E-state index in [0.717, 1.165) is 36.5 Å². The van der Waals surface area contributed by atoms with E-state index in [-0.39, 0.29) is 24.0 Å². The smallest absolute Gasteiger partial charge is 0.336 e. The standard InChI is InChI=1S/C24H29F3N4O2S/c1-28-12-10-18(14-28)30(3)23(33)31-13-11-19(15-31)29(2)22(32)21-9-8-20(34-21)16-4-6-17(7-5-16)24(25,26)27/h4-9,18-19H,10-15H2,1-3H3/t18-,19+/m0/s1. The molecule has 0 unspecified atom stereocenters. The number of amides is 3. The summed E-state index contributed by atoms with van der Waals surface area (Å²) in [5, 5.41) is 0. The van der Waals surface area contributed by atoms with Gasteiger partial charge < -0.3 is 19.6 Å². The van der Waals surface area contributed by atoms with Crippen LogP contribution in [-0.2, 0) is 6.18 Å². The van der Waals surface area contributed by atoms with Crippen molar-refractivity contribution in [2.75, 3.05) is 47.3 Å². The Labute approximate surface area is 201 Å². The van der Waals surface area contributed by atoms with E-state index in [9.17, 15) is 22.8 Å². The molecule has 0 radical (unpaired) electrons. The monoisotopic (exact) mass is 494 g/mol. The Hall–Kier alpha value is -2.59. The highest BCUT2D eigenvalue weighted by Crippen LogP contribution is 2.33. The molecule has 6 nitrogen and oxygen atoms in total. The maximum absolute atomic E-state index is 13.1. The highest BCUT2D eigenvalue weighted by molar-refractivity contribution is 7.17. The lowest BCUT2D eigenvalue weighted by Gasteiger charge is -2.30. The molecule has 0 spiro atoms. The maximum Gasteiger partial charge on any atom is 0.416 e. The topological polar surface area (TPSA) is 47.1 Å². The number of likely N-dealkylation sites (tertiary alicyclic amines) is 2. The molecular formula is C24H29F3N4O2S. The molecule has 0 bridgehead atoms. The van der Waals surface area contributed by atoms with E-state index in [4.69, 9.17) is 0 Å². The van der Waals surface area contributed by atoms with Crippen molar-refractivity contribution >= 4 is 23.3 Å². The van der Waals surface area contributed by atoms with Gasteiger partial charge in [0.15, 0.2) is 0 Å². The summed E-state index contributed by atoms with van der Waals surface area (Å²) in [6, 6.07) is 8.55. The van der Waals surface area contributed by atoms with Crippen molar-refractivity contribution in [2.45, 2.75) is 31.1 Å². The van der Waals surface area contributed by atoms with Gasteiger partial charge in [0.05, 0.1) is 16.5 Å². The Morgan fingerprint density at radius 1 is 0.941 bits per heavy atom. The third kappa shape index (κ3) is 5.07. The van der Waals surface area contributed by atoms with Gasteiger partial charge in [0, 0.05) is 44.6 Å². The number of alkyl halides is 3. The van der Waals surface area contributed by atoms with Crippen LogP contribution < -0.4 is 0 Å². The predicted molar refractivity (Wildman–Crippen MR) is 126 cm³/mol. The van der Waals surface area contributed by atoms with E-state index in [1.165, 1.54) is 23.5 Å². The second-order valence-corrected chi connectivity index (χ2v) is 10.2. The van der Waals surface area contributed by atoms with Crippen molar-refractivity contribution in [3.63, 3.8) is 0 Å². The summed E-state index contributed by atoms with van der Waals surface area (Å²) >= 11 is 1.26. The Morgan fingerprint density at radius 2 is 1.59 bits per heavy atom. The molecule has 0 aliphatic carbocycles.